The SMILES string of the molecule is COC(=O)C(C)n1c(-c2nnc(C(C)C)o2)cc2ccccc21. The van der Waals surface area contributed by atoms with Gasteiger partial charge in [-0.1, -0.05) is 32.0 Å². The standard InChI is InChI=1S/C17H19N3O3/c1-10(2)15-18-19-16(23-15)14-9-12-7-5-6-8-13(12)20(14)11(3)17(21)22-4/h5-11H,1-4H3. The van der Waals surface area contributed by atoms with Crippen molar-refractivity contribution < 1.29 is 13.9 Å². The van der Waals surface area contributed by atoms with Crippen molar-refractivity contribution in [2.45, 2.75) is 32.7 Å². The highest BCUT2D eigenvalue weighted by Gasteiger charge is 2.24. The minimum absolute atomic E-state index is 0.145. The fourth-order valence-corrected chi connectivity index (χ4v) is 2.60. The number of methoxy groups -OCH3 is 1. The molecule has 3 rings (SSSR count). The lowest BCUT2D eigenvalue weighted by Gasteiger charge is -2.15. The molecular formula is C17H19N3O3. The Balaban J connectivity index is 2.20. The quantitative estimate of drug-likeness (QED) is 0.689. The molecule has 0 saturated carbocycles. The number of carbonyl (C=O) groups is 1. The number of nitrogens with zero attached hydrogens (tertiary/aromatic N) is 3. The van der Waals surface area contributed by atoms with E-state index in [1.165, 1.54) is 7.11 Å². The fourth-order valence-electron chi connectivity index (χ4n) is 2.60. The first-order chi connectivity index (χ1) is 11.0. The maximum Gasteiger partial charge on any atom is 0.328 e. The normalized spacial score (nSPS) is 12.7. The zero-order valence-electron chi connectivity index (χ0n) is 13.6. The summed E-state index contributed by atoms with van der Waals surface area (Å²) in [5.74, 6) is 0.798. The van der Waals surface area contributed by atoms with Crippen molar-refractivity contribution in [3.05, 3.63) is 36.2 Å². The van der Waals surface area contributed by atoms with Gasteiger partial charge in [0.05, 0.1) is 7.11 Å². The molecule has 6 heteroatoms. The Labute approximate surface area is 134 Å². The number of para-hydroxylation sites is 1. The first-order valence-corrected chi connectivity index (χ1v) is 7.54. The molecule has 2 heterocycles. The molecule has 0 amide bonds. The monoisotopic (exact) mass is 313 g/mol. The van der Waals surface area contributed by atoms with Gasteiger partial charge in [0, 0.05) is 16.8 Å². The number of rotatable bonds is 4. The van der Waals surface area contributed by atoms with Crippen LogP contribution in [0.5, 0.6) is 0 Å². The Hall–Kier alpha value is -2.63. The lowest BCUT2D eigenvalue weighted by Crippen LogP contribution is -2.18. The topological polar surface area (TPSA) is 70.2 Å². The van der Waals surface area contributed by atoms with Gasteiger partial charge in [-0.25, -0.2) is 4.79 Å². The molecule has 23 heavy (non-hydrogen) atoms. The predicted molar refractivity (Wildman–Crippen MR) is 86.0 cm³/mol. The van der Waals surface area contributed by atoms with Crippen LogP contribution in [0.3, 0.4) is 0 Å². The molecule has 0 fully saturated rings. The molecule has 1 atom stereocenters. The van der Waals surface area contributed by atoms with Crippen molar-refractivity contribution >= 4 is 16.9 Å². The van der Waals surface area contributed by atoms with Crippen LogP contribution in [0.4, 0.5) is 0 Å². The molecule has 1 unspecified atom stereocenters. The molecule has 1 aromatic carbocycles. The summed E-state index contributed by atoms with van der Waals surface area (Å²) in [6, 6.07) is 9.28. The summed E-state index contributed by atoms with van der Waals surface area (Å²) in [5.41, 5.74) is 1.63. The van der Waals surface area contributed by atoms with Crippen molar-refractivity contribution in [2.75, 3.05) is 7.11 Å². The van der Waals surface area contributed by atoms with E-state index < -0.39 is 6.04 Å². The fraction of sp³-hybridized carbons (Fsp3) is 0.353. The molecule has 0 radical (unpaired) electrons. The molecule has 0 aliphatic heterocycles. The molecule has 6 nitrogen and oxygen atoms in total. The third kappa shape index (κ3) is 2.60. The zero-order valence-corrected chi connectivity index (χ0v) is 13.6. The average molecular weight is 313 g/mol. The van der Waals surface area contributed by atoms with Crippen LogP contribution in [0.25, 0.3) is 22.5 Å². The lowest BCUT2D eigenvalue weighted by atomic mass is 10.2. The summed E-state index contributed by atoms with van der Waals surface area (Å²) in [6.45, 7) is 5.77. The van der Waals surface area contributed by atoms with E-state index in [1.807, 2.05) is 48.7 Å². The average Bonchev–Trinajstić information content (AvgIpc) is 3.17. The van der Waals surface area contributed by atoms with Crippen LogP contribution in [-0.2, 0) is 9.53 Å². The van der Waals surface area contributed by atoms with Crippen LogP contribution in [0.1, 0.15) is 38.6 Å². The number of hydrogen-bond donors (Lipinski definition) is 0. The molecule has 0 saturated heterocycles. The smallest absolute Gasteiger partial charge is 0.328 e. The number of hydrogen-bond acceptors (Lipinski definition) is 5. The summed E-state index contributed by atoms with van der Waals surface area (Å²) in [6.07, 6.45) is 0. The van der Waals surface area contributed by atoms with Crippen molar-refractivity contribution in [2.24, 2.45) is 0 Å². The molecule has 3 aromatic rings. The zero-order chi connectivity index (χ0) is 16.6. The van der Waals surface area contributed by atoms with Crippen LogP contribution in [0, 0.1) is 0 Å². The number of esters is 1. The van der Waals surface area contributed by atoms with Crippen molar-refractivity contribution in [1.82, 2.24) is 14.8 Å². The molecule has 2 aromatic heterocycles. The second-order valence-corrected chi connectivity index (χ2v) is 5.76. The first kappa shape index (κ1) is 15.3. The van der Waals surface area contributed by atoms with E-state index in [9.17, 15) is 4.79 Å². The largest absolute Gasteiger partial charge is 0.467 e. The number of ether oxygens (including phenoxy) is 1. The first-order valence-electron chi connectivity index (χ1n) is 7.54. The van der Waals surface area contributed by atoms with E-state index in [0.29, 0.717) is 17.5 Å². The minimum Gasteiger partial charge on any atom is -0.467 e. The molecule has 120 valence electrons. The van der Waals surface area contributed by atoms with Gasteiger partial charge in [0.1, 0.15) is 11.7 Å². The lowest BCUT2D eigenvalue weighted by molar-refractivity contribution is -0.143. The van der Waals surface area contributed by atoms with Gasteiger partial charge in [-0.2, -0.15) is 0 Å². The maximum absolute atomic E-state index is 12.0. The third-order valence-electron chi connectivity index (χ3n) is 3.83. The van der Waals surface area contributed by atoms with Gasteiger partial charge >= 0.3 is 5.97 Å². The summed E-state index contributed by atoms with van der Waals surface area (Å²) >= 11 is 0. The Morgan fingerprint density at radius 2 is 1.96 bits per heavy atom. The molecule has 0 bridgehead atoms. The number of aromatic nitrogens is 3. The van der Waals surface area contributed by atoms with Crippen molar-refractivity contribution in [3.8, 4) is 11.6 Å². The van der Waals surface area contributed by atoms with Gasteiger partial charge in [0.15, 0.2) is 0 Å². The van der Waals surface area contributed by atoms with Crippen molar-refractivity contribution in [3.63, 3.8) is 0 Å². The number of benzene rings is 1. The van der Waals surface area contributed by atoms with Gasteiger partial charge < -0.3 is 13.7 Å². The molecule has 0 aliphatic rings. The minimum atomic E-state index is -0.496. The Kier molecular flexibility index (Phi) is 3.90. The van der Waals surface area contributed by atoms with Crippen LogP contribution in [0.15, 0.2) is 34.7 Å². The maximum atomic E-state index is 12.0. The number of fused-ring (bicyclic) bond motifs is 1. The van der Waals surface area contributed by atoms with E-state index in [0.717, 1.165) is 10.9 Å². The van der Waals surface area contributed by atoms with Gasteiger partial charge in [0.2, 0.25) is 5.89 Å². The van der Waals surface area contributed by atoms with Crippen LogP contribution >= 0.6 is 0 Å². The molecular weight excluding hydrogens is 294 g/mol. The van der Waals surface area contributed by atoms with E-state index >= 15 is 0 Å². The number of carbonyl (C=O) groups excluding carboxylic acids is 1. The van der Waals surface area contributed by atoms with E-state index in [2.05, 4.69) is 10.2 Å². The van der Waals surface area contributed by atoms with E-state index in [1.54, 1.807) is 6.92 Å². The van der Waals surface area contributed by atoms with Gasteiger partial charge in [-0.3, -0.25) is 0 Å². The summed E-state index contributed by atoms with van der Waals surface area (Å²) in [4.78, 5) is 12.0. The van der Waals surface area contributed by atoms with E-state index in [4.69, 9.17) is 9.15 Å². The Morgan fingerprint density at radius 1 is 1.22 bits per heavy atom. The third-order valence-corrected chi connectivity index (χ3v) is 3.83. The highest BCUT2D eigenvalue weighted by atomic mass is 16.5. The summed E-state index contributed by atoms with van der Waals surface area (Å²) in [5, 5.41) is 9.23. The Bertz CT molecular complexity index is 848. The Morgan fingerprint density at radius 3 is 2.61 bits per heavy atom. The highest BCUT2D eigenvalue weighted by Crippen LogP contribution is 2.32. The highest BCUT2D eigenvalue weighted by molar-refractivity contribution is 5.88. The van der Waals surface area contributed by atoms with Gasteiger partial charge in [0.25, 0.3) is 5.89 Å². The molecule has 0 aliphatic carbocycles. The summed E-state index contributed by atoms with van der Waals surface area (Å²) < 4.78 is 12.5. The summed E-state index contributed by atoms with van der Waals surface area (Å²) in [7, 11) is 1.38. The second-order valence-electron chi connectivity index (χ2n) is 5.76. The van der Waals surface area contributed by atoms with Gasteiger partial charge in [-0.15, -0.1) is 10.2 Å². The van der Waals surface area contributed by atoms with E-state index in [-0.39, 0.29) is 11.9 Å². The van der Waals surface area contributed by atoms with Gasteiger partial charge in [-0.05, 0) is 19.1 Å². The predicted octanol–water partition coefficient (Wildman–Crippen LogP) is 3.55. The van der Waals surface area contributed by atoms with Crippen molar-refractivity contribution in [1.29, 1.82) is 0 Å². The molecule has 0 N–H and O–H groups in total. The van der Waals surface area contributed by atoms with Crippen LogP contribution in [-0.4, -0.2) is 27.8 Å². The second kappa shape index (κ2) is 5.87. The molecule has 0 spiro atoms. The van der Waals surface area contributed by atoms with Crippen LogP contribution in [0.2, 0.25) is 0 Å². The van der Waals surface area contributed by atoms with Crippen LogP contribution < -0.4 is 0 Å².